The number of aliphatic carboxylic acids is 1. The molecule has 0 saturated heterocycles. The van der Waals surface area contributed by atoms with Crippen molar-refractivity contribution in [1.82, 2.24) is 9.97 Å². The van der Waals surface area contributed by atoms with Gasteiger partial charge in [0.2, 0.25) is 5.91 Å². The summed E-state index contributed by atoms with van der Waals surface area (Å²) in [6.45, 7) is 1.83. The van der Waals surface area contributed by atoms with Crippen molar-refractivity contribution in [2.75, 3.05) is 17.1 Å². The summed E-state index contributed by atoms with van der Waals surface area (Å²) in [5, 5.41) is 10.7. The fourth-order valence-electron chi connectivity index (χ4n) is 3.82. The largest absolute Gasteiger partial charge is 0.495 e. The number of anilines is 2. The molecule has 40 heavy (non-hydrogen) atoms. The Bertz CT molecular complexity index is 1490. The normalized spacial score (nSPS) is 13.8. The van der Waals surface area contributed by atoms with Gasteiger partial charge in [-0.1, -0.05) is 35.8 Å². The third-order valence-electron chi connectivity index (χ3n) is 5.69. The van der Waals surface area contributed by atoms with Gasteiger partial charge < -0.3 is 15.2 Å². The lowest BCUT2D eigenvalue weighted by atomic mass is 10.1. The van der Waals surface area contributed by atoms with Crippen LogP contribution in [-0.2, 0) is 19.6 Å². The molecule has 0 atom stereocenters. The Labute approximate surface area is 236 Å². The van der Waals surface area contributed by atoms with Gasteiger partial charge in [0.25, 0.3) is 10.0 Å². The summed E-state index contributed by atoms with van der Waals surface area (Å²) in [6, 6.07) is 7.82. The van der Waals surface area contributed by atoms with E-state index in [1.165, 1.54) is 42.8 Å². The topological polar surface area (TPSA) is 148 Å². The molecule has 0 bridgehead atoms. The number of carbonyl (C=O) groups excluding carboxylic acids is 1. The van der Waals surface area contributed by atoms with E-state index >= 15 is 0 Å². The molecule has 1 saturated carbocycles. The highest BCUT2D eigenvalue weighted by molar-refractivity contribution is 7.92. The number of sulfonamides is 1. The van der Waals surface area contributed by atoms with Crippen molar-refractivity contribution < 1.29 is 41.0 Å². The van der Waals surface area contributed by atoms with Gasteiger partial charge in [0, 0.05) is 12.1 Å². The fraction of sp³-hybridized carbons (Fsp3) is 0.333. The van der Waals surface area contributed by atoms with Crippen LogP contribution in [0.3, 0.4) is 0 Å². The number of carbonyl (C=O) groups is 2. The number of ether oxygens (including phenoxy) is 1. The van der Waals surface area contributed by atoms with Gasteiger partial charge in [-0.05, 0) is 55.7 Å². The number of hydrogen-bond donors (Lipinski definition) is 3. The van der Waals surface area contributed by atoms with Crippen molar-refractivity contribution in [3.05, 3.63) is 47.4 Å². The van der Waals surface area contributed by atoms with Gasteiger partial charge in [-0.2, -0.15) is 13.2 Å². The second kappa shape index (κ2) is 12.8. The van der Waals surface area contributed by atoms with Gasteiger partial charge in [-0.3, -0.25) is 9.52 Å². The summed E-state index contributed by atoms with van der Waals surface area (Å²) in [5.74, 6) is -2.54. The number of rotatable bonds is 7. The predicted molar refractivity (Wildman–Crippen MR) is 143 cm³/mol. The summed E-state index contributed by atoms with van der Waals surface area (Å²) < 4.78 is 65.8. The van der Waals surface area contributed by atoms with E-state index in [4.69, 9.17) is 26.2 Å². The first kappa shape index (κ1) is 31.1. The van der Waals surface area contributed by atoms with Crippen molar-refractivity contribution in [2.45, 2.75) is 43.7 Å². The van der Waals surface area contributed by atoms with E-state index in [9.17, 15) is 26.4 Å². The van der Waals surface area contributed by atoms with Crippen LogP contribution in [0.5, 0.6) is 5.75 Å². The first-order chi connectivity index (χ1) is 18.7. The van der Waals surface area contributed by atoms with Gasteiger partial charge in [-0.15, -0.1) is 0 Å². The molecule has 0 unspecified atom stereocenters. The highest BCUT2D eigenvalue weighted by atomic mass is 35.5. The highest BCUT2D eigenvalue weighted by Crippen LogP contribution is 2.37. The molecule has 3 aromatic rings. The lowest BCUT2D eigenvalue weighted by Gasteiger charge is -2.13. The number of benzene rings is 1. The fourth-order valence-corrected chi connectivity index (χ4v) is 6.20. The summed E-state index contributed by atoms with van der Waals surface area (Å²) in [7, 11) is -2.58. The van der Waals surface area contributed by atoms with Crippen molar-refractivity contribution in [2.24, 2.45) is 5.92 Å². The van der Waals surface area contributed by atoms with Crippen LogP contribution in [0.4, 0.5) is 24.0 Å². The van der Waals surface area contributed by atoms with E-state index in [0.717, 1.165) is 30.6 Å². The number of halogens is 4. The van der Waals surface area contributed by atoms with E-state index < -0.39 is 22.2 Å². The summed E-state index contributed by atoms with van der Waals surface area (Å²) in [6.07, 6.45) is 0.277. The van der Waals surface area contributed by atoms with Crippen LogP contribution in [0.1, 0.15) is 31.4 Å². The van der Waals surface area contributed by atoms with Crippen LogP contribution in [0, 0.1) is 12.8 Å². The number of amides is 1. The second-order valence-corrected chi connectivity index (χ2v) is 11.6. The summed E-state index contributed by atoms with van der Waals surface area (Å²) in [5.41, 5.74) is 1.64. The Morgan fingerprint density at radius 2 is 1.82 bits per heavy atom. The Kier molecular flexibility index (Phi) is 9.97. The number of alkyl halides is 3. The third-order valence-corrected chi connectivity index (χ3v) is 8.42. The molecule has 216 valence electrons. The van der Waals surface area contributed by atoms with Gasteiger partial charge in [0.1, 0.15) is 15.8 Å². The van der Waals surface area contributed by atoms with E-state index in [-0.39, 0.29) is 33.3 Å². The standard InChI is InChI=1S/C22H23ClN4O4S2.C2HF3O2/c1-13-20(32-22(25-13)26-21(28)14-5-3-4-6-14)15-7-8-17(31-2)18(11-15)33(29,30)27-16-9-10-24-19(23)12-16;3-2(4,5)1(6)7/h7-12,14H,3-6H2,1-2H3,(H,24,27)(H,25,26,28);(H,6,7). The monoisotopic (exact) mass is 620 g/mol. The third kappa shape index (κ3) is 8.05. The van der Waals surface area contributed by atoms with Crippen molar-refractivity contribution >= 4 is 55.7 Å². The number of carboxylic acid groups (broad SMARTS) is 1. The van der Waals surface area contributed by atoms with Gasteiger partial charge >= 0.3 is 12.1 Å². The van der Waals surface area contributed by atoms with E-state index in [0.29, 0.717) is 16.4 Å². The number of thiazole rings is 1. The quantitative estimate of drug-likeness (QED) is 0.283. The maximum absolute atomic E-state index is 13.1. The smallest absolute Gasteiger partial charge is 0.490 e. The second-order valence-electron chi connectivity index (χ2n) is 8.55. The minimum atomic E-state index is -5.08. The molecule has 3 N–H and O–H groups in total. The molecule has 10 nitrogen and oxygen atoms in total. The lowest BCUT2D eigenvalue weighted by molar-refractivity contribution is -0.192. The van der Waals surface area contributed by atoms with Crippen LogP contribution in [0.2, 0.25) is 5.15 Å². The van der Waals surface area contributed by atoms with Gasteiger partial charge in [0.15, 0.2) is 5.13 Å². The molecule has 0 aliphatic heterocycles. The zero-order valence-corrected chi connectivity index (χ0v) is 23.5. The van der Waals surface area contributed by atoms with Crippen LogP contribution in [-0.4, -0.2) is 48.7 Å². The summed E-state index contributed by atoms with van der Waals surface area (Å²) >= 11 is 7.19. The van der Waals surface area contributed by atoms with Crippen LogP contribution in [0.15, 0.2) is 41.4 Å². The Balaban J connectivity index is 0.000000559. The number of aromatic nitrogens is 2. The lowest BCUT2D eigenvalue weighted by Crippen LogP contribution is -2.21. The van der Waals surface area contributed by atoms with E-state index in [2.05, 4.69) is 20.0 Å². The van der Waals surface area contributed by atoms with E-state index in [1.807, 2.05) is 6.92 Å². The molecule has 1 aliphatic carbocycles. The van der Waals surface area contributed by atoms with Crippen molar-refractivity contribution in [3.63, 3.8) is 0 Å². The molecule has 1 aliphatic rings. The molecule has 1 amide bonds. The average molecular weight is 621 g/mol. The number of methoxy groups -OCH3 is 1. The van der Waals surface area contributed by atoms with Gasteiger partial charge in [0.05, 0.1) is 23.4 Å². The number of aryl methyl sites for hydroxylation is 1. The molecule has 2 aromatic heterocycles. The maximum Gasteiger partial charge on any atom is 0.490 e. The van der Waals surface area contributed by atoms with Crippen LogP contribution in [0.25, 0.3) is 10.4 Å². The minimum Gasteiger partial charge on any atom is -0.495 e. The van der Waals surface area contributed by atoms with Crippen molar-refractivity contribution in [1.29, 1.82) is 0 Å². The minimum absolute atomic E-state index is 0.00832. The Hall–Kier alpha value is -3.43. The SMILES string of the molecule is COc1ccc(-c2sc(NC(=O)C3CCCC3)nc2C)cc1S(=O)(=O)Nc1ccnc(Cl)c1.O=C(O)C(F)(F)F. The molecule has 16 heteroatoms. The Morgan fingerprint density at radius 3 is 2.40 bits per heavy atom. The first-order valence-corrected chi connectivity index (χ1v) is 14.3. The predicted octanol–water partition coefficient (Wildman–Crippen LogP) is 5.74. The van der Waals surface area contributed by atoms with Crippen molar-refractivity contribution in [3.8, 4) is 16.2 Å². The van der Waals surface area contributed by atoms with Crippen LogP contribution >= 0.6 is 22.9 Å². The van der Waals surface area contributed by atoms with Crippen LogP contribution < -0.4 is 14.8 Å². The number of carboxylic acids is 1. The Morgan fingerprint density at radius 1 is 1.18 bits per heavy atom. The first-order valence-electron chi connectivity index (χ1n) is 11.6. The molecule has 2 heterocycles. The molecular weight excluding hydrogens is 597 g/mol. The molecule has 0 radical (unpaired) electrons. The van der Waals surface area contributed by atoms with Gasteiger partial charge in [-0.25, -0.2) is 23.2 Å². The number of nitrogens with one attached hydrogen (secondary N) is 2. The zero-order valence-electron chi connectivity index (χ0n) is 21.1. The summed E-state index contributed by atoms with van der Waals surface area (Å²) in [4.78, 5) is 30.4. The van der Waals surface area contributed by atoms with E-state index in [1.54, 1.807) is 12.1 Å². The molecule has 0 spiro atoms. The highest BCUT2D eigenvalue weighted by Gasteiger charge is 2.38. The zero-order chi connectivity index (χ0) is 29.7. The maximum atomic E-state index is 13.1. The molecule has 1 fully saturated rings. The molecular formula is C24H24ClF3N4O6S2. The number of pyridine rings is 1. The number of nitrogens with zero attached hydrogens (tertiary/aromatic N) is 2. The molecule has 4 rings (SSSR count). The number of hydrogen-bond acceptors (Lipinski definition) is 8. The average Bonchev–Trinajstić information content (AvgIpc) is 3.53. The molecule has 1 aromatic carbocycles.